The smallest absolute Gasteiger partial charge is 0.161 e. The minimum atomic E-state index is 0.153. The van der Waals surface area contributed by atoms with Gasteiger partial charge in [0, 0.05) is 30.7 Å². The van der Waals surface area contributed by atoms with Gasteiger partial charge in [0.05, 0.1) is 24.9 Å². The molecule has 1 aromatic carbocycles. The van der Waals surface area contributed by atoms with Crippen LogP contribution in [-0.2, 0) is 6.42 Å². The summed E-state index contributed by atoms with van der Waals surface area (Å²) < 4.78 is 10.6. The third-order valence-electron chi connectivity index (χ3n) is 3.04. The number of aliphatic hydroxyl groups excluding tert-OH is 1. The molecule has 0 aliphatic carbocycles. The van der Waals surface area contributed by atoms with Crippen molar-refractivity contribution in [3.05, 3.63) is 16.7 Å². The Bertz CT molecular complexity index is 423. The molecule has 0 saturated heterocycles. The van der Waals surface area contributed by atoms with Crippen LogP contribution in [0, 0.1) is 5.92 Å². The molecule has 2 N–H and O–H groups in total. The number of anilines is 1. The summed E-state index contributed by atoms with van der Waals surface area (Å²) in [6.45, 7) is 0.865. The first-order valence-electron chi connectivity index (χ1n) is 5.49. The van der Waals surface area contributed by atoms with Gasteiger partial charge >= 0.3 is 0 Å². The Kier molecular flexibility index (Phi) is 3.64. The number of nitrogens with one attached hydrogen (secondary N) is 1. The maximum atomic E-state index is 9.22. The highest BCUT2D eigenvalue weighted by Crippen LogP contribution is 2.44. The number of methoxy groups -OCH3 is 2. The van der Waals surface area contributed by atoms with Gasteiger partial charge < -0.3 is 19.9 Å². The Morgan fingerprint density at radius 2 is 2.24 bits per heavy atom. The van der Waals surface area contributed by atoms with Gasteiger partial charge in [0.15, 0.2) is 5.75 Å². The standard InChI is InChI=1S/C12H16ClNO3/c1-16-10-4-9(13)12(17-2)11-8(10)3-7(6-15)5-14-11/h4,7,14-15H,3,5-6H2,1-2H3. The molecule has 0 saturated carbocycles. The van der Waals surface area contributed by atoms with Crippen molar-refractivity contribution < 1.29 is 14.6 Å². The fraction of sp³-hybridized carbons (Fsp3) is 0.500. The second-order valence-electron chi connectivity index (χ2n) is 4.08. The monoisotopic (exact) mass is 257 g/mol. The minimum absolute atomic E-state index is 0.153. The average molecular weight is 258 g/mol. The van der Waals surface area contributed by atoms with Crippen molar-refractivity contribution in [2.24, 2.45) is 5.92 Å². The van der Waals surface area contributed by atoms with Gasteiger partial charge in [-0.1, -0.05) is 11.6 Å². The zero-order valence-corrected chi connectivity index (χ0v) is 10.7. The van der Waals surface area contributed by atoms with Crippen molar-refractivity contribution in [1.29, 1.82) is 0 Å². The van der Waals surface area contributed by atoms with Crippen molar-refractivity contribution in [2.75, 3.05) is 32.7 Å². The minimum Gasteiger partial charge on any atom is -0.496 e. The summed E-state index contributed by atoms with van der Waals surface area (Å²) >= 11 is 6.12. The lowest BCUT2D eigenvalue weighted by molar-refractivity contribution is 0.229. The summed E-state index contributed by atoms with van der Waals surface area (Å²) in [6.07, 6.45) is 0.759. The molecule has 0 spiro atoms. The van der Waals surface area contributed by atoms with Crippen LogP contribution in [0.25, 0.3) is 0 Å². The van der Waals surface area contributed by atoms with Crippen molar-refractivity contribution in [3.8, 4) is 11.5 Å². The highest BCUT2D eigenvalue weighted by molar-refractivity contribution is 6.32. The normalized spacial score (nSPS) is 18.2. The van der Waals surface area contributed by atoms with Crippen LogP contribution < -0.4 is 14.8 Å². The van der Waals surface area contributed by atoms with Crippen LogP contribution in [0.3, 0.4) is 0 Å². The van der Waals surface area contributed by atoms with E-state index >= 15 is 0 Å². The number of fused-ring (bicyclic) bond motifs is 1. The third-order valence-corrected chi connectivity index (χ3v) is 3.32. The Morgan fingerprint density at radius 1 is 1.47 bits per heavy atom. The van der Waals surface area contributed by atoms with Crippen molar-refractivity contribution in [1.82, 2.24) is 0 Å². The Balaban J connectivity index is 2.50. The maximum Gasteiger partial charge on any atom is 0.161 e. The third kappa shape index (κ3) is 2.15. The number of aliphatic hydroxyl groups is 1. The second-order valence-corrected chi connectivity index (χ2v) is 4.49. The van der Waals surface area contributed by atoms with Gasteiger partial charge in [-0.15, -0.1) is 0 Å². The van der Waals surface area contributed by atoms with E-state index in [1.807, 2.05) is 0 Å². The maximum absolute atomic E-state index is 9.22. The van der Waals surface area contributed by atoms with Crippen LogP contribution in [0.4, 0.5) is 5.69 Å². The van der Waals surface area contributed by atoms with Gasteiger partial charge in [0.25, 0.3) is 0 Å². The molecule has 94 valence electrons. The first-order chi connectivity index (χ1) is 8.21. The van der Waals surface area contributed by atoms with Crippen LogP contribution in [-0.4, -0.2) is 32.5 Å². The summed E-state index contributed by atoms with van der Waals surface area (Å²) in [7, 11) is 3.20. The van der Waals surface area contributed by atoms with Crippen LogP contribution in [0.15, 0.2) is 6.07 Å². The van der Waals surface area contributed by atoms with E-state index in [0.29, 0.717) is 17.3 Å². The van der Waals surface area contributed by atoms with Gasteiger partial charge in [-0.05, 0) is 6.42 Å². The quantitative estimate of drug-likeness (QED) is 0.869. The molecular weight excluding hydrogens is 242 g/mol. The molecule has 0 aromatic heterocycles. The van der Waals surface area contributed by atoms with Gasteiger partial charge in [0.2, 0.25) is 0 Å². The molecule has 1 heterocycles. The van der Waals surface area contributed by atoms with Crippen molar-refractivity contribution >= 4 is 17.3 Å². The zero-order chi connectivity index (χ0) is 12.4. The van der Waals surface area contributed by atoms with Gasteiger partial charge in [-0.2, -0.15) is 0 Å². The second kappa shape index (κ2) is 5.02. The number of ether oxygens (including phenoxy) is 2. The molecule has 0 fully saturated rings. The van der Waals surface area contributed by atoms with E-state index in [4.69, 9.17) is 21.1 Å². The molecule has 4 nitrogen and oxygen atoms in total. The van der Waals surface area contributed by atoms with E-state index in [-0.39, 0.29) is 12.5 Å². The number of halogens is 1. The van der Waals surface area contributed by atoms with Crippen LogP contribution in [0.2, 0.25) is 5.02 Å². The Labute approximate surface area is 105 Å². The van der Waals surface area contributed by atoms with Crippen molar-refractivity contribution in [2.45, 2.75) is 6.42 Å². The lowest BCUT2D eigenvalue weighted by Crippen LogP contribution is -2.26. The predicted molar refractivity (Wildman–Crippen MR) is 67.3 cm³/mol. The summed E-state index contributed by atoms with van der Waals surface area (Å²) in [5.41, 5.74) is 1.89. The Morgan fingerprint density at radius 3 is 2.82 bits per heavy atom. The van der Waals surface area contributed by atoms with Crippen LogP contribution >= 0.6 is 11.6 Å². The molecular formula is C12H16ClNO3. The molecule has 0 radical (unpaired) electrons. The van der Waals surface area contributed by atoms with E-state index in [1.165, 1.54) is 0 Å². The summed E-state index contributed by atoms with van der Waals surface area (Å²) in [5, 5.41) is 13.0. The molecule has 1 unspecified atom stereocenters. The first-order valence-corrected chi connectivity index (χ1v) is 5.87. The fourth-order valence-corrected chi connectivity index (χ4v) is 2.43. The molecule has 1 aliphatic rings. The lowest BCUT2D eigenvalue weighted by Gasteiger charge is -2.28. The number of benzene rings is 1. The molecule has 1 aromatic rings. The van der Waals surface area contributed by atoms with E-state index in [0.717, 1.165) is 23.4 Å². The lowest BCUT2D eigenvalue weighted by atomic mass is 9.93. The van der Waals surface area contributed by atoms with E-state index < -0.39 is 0 Å². The SMILES string of the molecule is COc1cc(Cl)c(OC)c2c1CC(CO)CN2. The molecule has 0 amide bonds. The topological polar surface area (TPSA) is 50.7 Å². The van der Waals surface area contributed by atoms with Crippen LogP contribution in [0.1, 0.15) is 5.56 Å². The predicted octanol–water partition coefficient (Wildman–Crippen LogP) is 1.93. The molecule has 0 bridgehead atoms. The van der Waals surface area contributed by atoms with Crippen LogP contribution in [0.5, 0.6) is 11.5 Å². The van der Waals surface area contributed by atoms with Crippen molar-refractivity contribution in [3.63, 3.8) is 0 Å². The number of hydrogen-bond acceptors (Lipinski definition) is 4. The summed E-state index contributed by atoms with van der Waals surface area (Å²) in [6, 6.07) is 1.75. The molecule has 1 atom stereocenters. The molecule has 17 heavy (non-hydrogen) atoms. The molecule has 1 aliphatic heterocycles. The zero-order valence-electron chi connectivity index (χ0n) is 9.92. The highest BCUT2D eigenvalue weighted by Gasteiger charge is 2.25. The van der Waals surface area contributed by atoms with Gasteiger partial charge in [-0.3, -0.25) is 0 Å². The first kappa shape index (κ1) is 12.3. The van der Waals surface area contributed by atoms with E-state index in [1.54, 1.807) is 20.3 Å². The highest BCUT2D eigenvalue weighted by atomic mass is 35.5. The molecule has 5 heteroatoms. The number of hydrogen-bond donors (Lipinski definition) is 2. The average Bonchev–Trinajstić information content (AvgIpc) is 2.37. The van der Waals surface area contributed by atoms with Gasteiger partial charge in [0.1, 0.15) is 5.75 Å². The van der Waals surface area contributed by atoms with E-state index in [2.05, 4.69) is 5.32 Å². The largest absolute Gasteiger partial charge is 0.496 e. The summed E-state index contributed by atoms with van der Waals surface area (Å²) in [5.74, 6) is 1.57. The molecule has 2 rings (SSSR count). The summed E-state index contributed by atoms with van der Waals surface area (Å²) in [4.78, 5) is 0. The fourth-order valence-electron chi connectivity index (χ4n) is 2.16. The van der Waals surface area contributed by atoms with E-state index in [9.17, 15) is 5.11 Å². The Hall–Kier alpha value is -1.13. The van der Waals surface area contributed by atoms with Gasteiger partial charge in [-0.25, -0.2) is 0 Å². The number of rotatable bonds is 3.